The number of fused-ring (bicyclic) bond motifs is 2. The summed E-state index contributed by atoms with van der Waals surface area (Å²) in [5.41, 5.74) is 0.110. The molecule has 0 spiro atoms. The van der Waals surface area contributed by atoms with Crippen LogP contribution in [0.25, 0.3) is 5.76 Å². The average Bonchev–Trinajstić information content (AvgIpc) is 2.72. The largest absolute Gasteiger partial charge is 1.00 e. The van der Waals surface area contributed by atoms with E-state index in [9.17, 15) is 23.4 Å². The molecule has 6 nitrogen and oxygen atoms in total. The summed E-state index contributed by atoms with van der Waals surface area (Å²) in [6.07, 6.45) is 2.42. The van der Waals surface area contributed by atoms with E-state index in [1.54, 1.807) is 24.3 Å². The first-order chi connectivity index (χ1) is 14.7. The standard InChI is InChI=1S/C23H25FN2O4S.Na.H/c1-3-11-23(12-4-2)16-10-9-14(24)13-15(16)20(27)19(21(23)28)22-25-17-7-5-6-8-18(17)31(29,30)26-22;;/h5-10,13,27,29-30H,3-4,11-12H2,1-2H3,(H,25,26);;/q;+1;-1. The van der Waals surface area contributed by atoms with Gasteiger partial charge in [0.1, 0.15) is 22.0 Å². The van der Waals surface area contributed by atoms with E-state index in [0.29, 0.717) is 36.9 Å². The number of para-hydroxylation sites is 1. The Morgan fingerprint density at radius 2 is 1.78 bits per heavy atom. The number of amidine groups is 1. The van der Waals surface area contributed by atoms with Crippen molar-refractivity contribution in [2.24, 2.45) is 4.40 Å². The second-order valence-electron chi connectivity index (χ2n) is 7.90. The molecule has 0 fully saturated rings. The fourth-order valence-corrected chi connectivity index (χ4v) is 5.84. The number of hydrogen-bond donors (Lipinski definition) is 4. The van der Waals surface area contributed by atoms with E-state index in [2.05, 4.69) is 9.71 Å². The number of carbonyl (C=O) groups excluding carboxylic acids is 1. The van der Waals surface area contributed by atoms with Gasteiger partial charge >= 0.3 is 29.6 Å². The molecule has 0 atom stereocenters. The van der Waals surface area contributed by atoms with Crippen LogP contribution in [0.15, 0.2) is 57.3 Å². The smallest absolute Gasteiger partial charge is 1.00 e. The number of anilines is 1. The van der Waals surface area contributed by atoms with Crippen molar-refractivity contribution in [1.82, 2.24) is 0 Å². The Bertz CT molecular complexity index is 1130. The Morgan fingerprint density at radius 3 is 2.44 bits per heavy atom. The number of Topliss-reactive ketones (excluding diaryl/α,β-unsaturated/α-hetero) is 1. The van der Waals surface area contributed by atoms with Gasteiger partial charge < -0.3 is 11.8 Å². The predicted octanol–water partition coefficient (Wildman–Crippen LogP) is 3.18. The predicted molar refractivity (Wildman–Crippen MR) is 122 cm³/mol. The van der Waals surface area contributed by atoms with Crippen LogP contribution in [-0.2, 0) is 10.2 Å². The summed E-state index contributed by atoms with van der Waals surface area (Å²) in [6.45, 7) is 3.93. The molecule has 1 aliphatic heterocycles. The molecule has 2 aliphatic rings. The minimum Gasteiger partial charge on any atom is -1.00 e. The molecular formula is C23H26FN2NaO4S. The number of benzene rings is 2. The number of ketones is 1. The van der Waals surface area contributed by atoms with Gasteiger partial charge in [0, 0.05) is 5.56 Å². The third kappa shape index (κ3) is 3.93. The Balaban J connectivity index is 0.00000193. The minimum atomic E-state index is -3.58. The van der Waals surface area contributed by atoms with Gasteiger partial charge in [-0.15, -0.1) is 4.40 Å². The summed E-state index contributed by atoms with van der Waals surface area (Å²) >= 11 is 0. The van der Waals surface area contributed by atoms with Crippen molar-refractivity contribution < 1.29 is 54.4 Å². The third-order valence-corrected chi connectivity index (χ3v) is 7.28. The van der Waals surface area contributed by atoms with Crippen LogP contribution in [0.5, 0.6) is 0 Å². The molecule has 0 amide bonds. The van der Waals surface area contributed by atoms with Gasteiger partial charge in [-0.2, -0.15) is 0 Å². The number of aliphatic hydroxyl groups excluding tert-OH is 1. The molecular weight excluding hydrogens is 442 g/mol. The Kier molecular flexibility index (Phi) is 7.24. The van der Waals surface area contributed by atoms with Crippen LogP contribution in [-0.4, -0.2) is 25.8 Å². The maximum atomic E-state index is 14.1. The number of aliphatic hydroxyl groups is 1. The van der Waals surface area contributed by atoms with Gasteiger partial charge in [-0.05, 0) is 42.7 Å². The maximum absolute atomic E-state index is 14.1. The molecule has 0 saturated heterocycles. The molecule has 0 radical (unpaired) electrons. The quantitative estimate of drug-likeness (QED) is 0.505. The molecule has 4 N–H and O–H groups in total. The van der Waals surface area contributed by atoms with E-state index in [-0.39, 0.29) is 58.6 Å². The van der Waals surface area contributed by atoms with Gasteiger partial charge in [-0.25, -0.2) is 4.39 Å². The van der Waals surface area contributed by atoms with E-state index >= 15 is 0 Å². The van der Waals surface area contributed by atoms with Crippen molar-refractivity contribution >= 4 is 33.8 Å². The van der Waals surface area contributed by atoms with E-state index < -0.39 is 27.8 Å². The van der Waals surface area contributed by atoms with Crippen molar-refractivity contribution in [3.8, 4) is 0 Å². The van der Waals surface area contributed by atoms with Crippen molar-refractivity contribution in [3.63, 3.8) is 0 Å². The van der Waals surface area contributed by atoms with Gasteiger partial charge in [0.15, 0.2) is 11.6 Å². The monoisotopic (exact) mass is 468 g/mol. The minimum absolute atomic E-state index is 0. The van der Waals surface area contributed by atoms with Crippen molar-refractivity contribution in [2.45, 2.75) is 49.8 Å². The molecule has 2 aromatic rings. The van der Waals surface area contributed by atoms with E-state index in [1.165, 1.54) is 18.2 Å². The van der Waals surface area contributed by atoms with E-state index in [4.69, 9.17) is 0 Å². The van der Waals surface area contributed by atoms with Crippen LogP contribution < -0.4 is 34.9 Å². The molecule has 0 saturated carbocycles. The average molecular weight is 469 g/mol. The van der Waals surface area contributed by atoms with Crippen LogP contribution in [0.4, 0.5) is 10.1 Å². The molecule has 32 heavy (non-hydrogen) atoms. The first-order valence-corrected chi connectivity index (χ1v) is 11.8. The summed E-state index contributed by atoms with van der Waals surface area (Å²) < 4.78 is 39.4. The van der Waals surface area contributed by atoms with Gasteiger partial charge in [0.2, 0.25) is 0 Å². The van der Waals surface area contributed by atoms with Crippen LogP contribution in [0.2, 0.25) is 0 Å². The molecule has 0 bridgehead atoms. The molecule has 9 heteroatoms. The topological polar surface area (TPSA) is 102 Å². The number of carbonyl (C=O) groups is 1. The van der Waals surface area contributed by atoms with Crippen LogP contribution in [0.1, 0.15) is 52.1 Å². The fourth-order valence-electron chi connectivity index (χ4n) is 4.67. The van der Waals surface area contributed by atoms with Crippen LogP contribution >= 0.6 is 10.8 Å². The Morgan fingerprint density at radius 1 is 1.12 bits per heavy atom. The Labute approximate surface area is 211 Å². The SMILES string of the molecule is CCCC1(CCC)C(=O)C(C2=NS(O)(O)c3ccccc3N2)=C(O)c2cc(F)ccc21.[H-].[Na+]. The number of nitrogens with one attached hydrogen (secondary N) is 1. The van der Waals surface area contributed by atoms with Crippen molar-refractivity contribution in [2.75, 3.05) is 5.32 Å². The van der Waals surface area contributed by atoms with Crippen molar-refractivity contribution in [3.05, 3.63) is 65.0 Å². The van der Waals surface area contributed by atoms with E-state index in [1.807, 2.05) is 13.8 Å². The zero-order valence-electron chi connectivity index (χ0n) is 19.4. The molecule has 4 rings (SSSR count). The van der Waals surface area contributed by atoms with Gasteiger partial charge in [-0.1, -0.05) is 55.7 Å². The zero-order valence-corrected chi connectivity index (χ0v) is 21.2. The number of hydrogen-bond acceptors (Lipinski definition) is 6. The van der Waals surface area contributed by atoms with Crippen molar-refractivity contribution in [1.29, 1.82) is 0 Å². The maximum Gasteiger partial charge on any atom is 1.00 e. The Hall–Kier alpha value is -1.68. The second kappa shape index (κ2) is 9.29. The summed E-state index contributed by atoms with van der Waals surface area (Å²) in [5, 5.41) is 14.0. The fraction of sp³-hybridized carbons (Fsp3) is 0.304. The summed E-state index contributed by atoms with van der Waals surface area (Å²) in [6, 6.07) is 10.6. The second-order valence-corrected chi connectivity index (χ2v) is 9.56. The first kappa shape index (κ1) is 25.0. The summed E-state index contributed by atoms with van der Waals surface area (Å²) in [5.74, 6) is -1.42. The first-order valence-electron chi connectivity index (χ1n) is 10.3. The van der Waals surface area contributed by atoms with E-state index in [0.717, 1.165) is 0 Å². The van der Waals surface area contributed by atoms with Crippen LogP contribution in [0, 0.1) is 5.82 Å². The number of halogens is 1. The zero-order chi connectivity index (χ0) is 22.4. The molecule has 1 aliphatic carbocycles. The summed E-state index contributed by atoms with van der Waals surface area (Å²) in [7, 11) is -3.58. The van der Waals surface area contributed by atoms with Gasteiger partial charge in [0.05, 0.1) is 11.1 Å². The molecule has 0 aromatic heterocycles. The van der Waals surface area contributed by atoms with Crippen LogP contribution in [0.3, 0.4) is 0 Å². The molecule has 166 valence electrons. The molecule has 0 unspecified atom stereocenters. The number of rotatable bonds is 5. The third-order valence-electron chi connectivity index (χ3n) is 5.89. The van der Waals surface area contributed by atoms with Gasteiger partial charge in [0.25, 0.3) is 0 Å². The number of nitrogens with zero attached hydrogens (tertiary/aromatic N) is 1. The normalized spacial score (nSPS) is 19.2. The molecule has 2 aromatic carbocycles. The molecule has 1 heterocycles. The van der Waals surface area contributed by atoms with Gasteiger partial charge in [-0.3, -0.25) is 13.9 Å². The summed E-state index contributed by atoms with van der Waals surface area (Å²) in [4.78, 5) is 14.1.